The van der Waals surface area contributed by atoms with Crippen molar-refractivity contribution in [2.24, 2.45) is 5.92 Å². The molecule has 0 bridgehead atoms. The highest BCUT2D eigenvalue weighted by Crippen LogP contribution is 2.37. The topological polar surface area (TPSA) is 85.4 Å². The van der Waals surface area contributed by atoms with Crippen LogP contribution in [0.25, 0.3) is 0 Å². The second kappa shape index (κ2) is 10.4. The number of amides is 2. The highest BCUT2D eigenvalue weighted by atomic mass is 79.9. The zero-order chi connectivity index (χ0) is 23.5. The maximum atomic E-state index is 13.0. The molecule has 10 heteroatoms. The first kappa shape index (κ1) is 24.8. The van der Waals surface area contributed by atoms with E-state index in [1.165, 1.54) is 18.4 Å². The van der Waals surface area contributed by atoms with Gasteiger partial charge in [0.25, 0.3) is 0 Å². The number of methoxy groups -OCH3 is 1. The summed E-state index contributed by atoms with van der Waals surface area (Å²) in [6.45, 7) is 7.85. The Morgan fingerprint density at radius 3 is 2.19 bits per heavy atom. The van der Waals surface area contributed by atoms with Crippen LogP contribution in [0.5, 0.6) is 5.75 Å². The van der Waals surface area contributed by atoms with Gasteiger partial charge in [0, 0.05) is 50.3 Å². The van der Waals surface area contributed by atoms with Crippen LogP contribution in [0.1, 0.15) is 56.1 Å². The lowest BCUT2D eigenvalue weighted by molar-refractivity contribution is -0.138. The molecule has 2 saturated heterocycles. The number of nitrogens with zero attached hydrogens (tertiary/aromatic N) is 2. The fourth-order valence-electron chi connectivity index (χ4n) is 3.92. The Balaban J connectivity index is 1.47. The van der Waals surface area contributed by atoms with Crippen LogP contribution < -0.4 is 4.74 Å². The van der Waals surface area contributed by atoms with Gasteiger partial charge in [0.2, 0.25) is 5.91 Å². The van der Waals surface area contributed by atoms with Gasteiger partial charge >= 0.3 is 12.1 Å². The molecule has 178 valence electrons. The molecule has 8 nitrogen and oxygen atoms in total. The number of piperidine rings is 2. The van der Waals surface area contributed by atoms with Crippen LogP contribution in [0.2, 0.25) is 0 Å². The molecule has 0 saturated carbocycles. The summed E-state index contributed by atoms with van der Waals surface area (Å²) in [5.41, 5.74) is -0.521. The Hall–Kier alpha value is -1.81. The predicted octanol–water partition coefficient (Wildman–Crippen LogP) is 4.31. The second-order valence-electron chi connectivity index (χ2n) is 9.12. The van der Waals surface area contributed by atoms with Crippen molar-refractivity contribution in [3.63, 3.8) is 0 Å². The van der Waals surface area contributed by atoms with Crippen molar-refractivity contribution in [2.45, 2.75) is 58.2 Å². The van der Waals surface area contributed by atoms with Crippen molar-refractivity contribution in [2.75, 3.05) is 33.3 Å². The predicted molar refractivity (Wildman–Crippen MR) is 124 cm³/mol. The van der Waals surface area contributed by atoms with Crippen LogP contribution in [0.3, 0.4) is 0 Å². The minimum atomic E-state index is -0.521. The Morgan fingerprint density at radius 1 is 1.03 bits per heavy atom. The lowest BCUT2D eigenvalue weighted by Crippen LogP contribution is -2.48. The van der Waals surface area contributed by atoms with E-state index in [0.717, 1.165) is 4.47 Å². The minimum absolute atomic E-state index is 0.0666. The van der Waals surface area contributed by atoms with Gasteiger partial charge < -0.3 is 24.0 Å². The maximum Gasteiger partial charge on any atom is 0.410 e. The first-order valence-corrected chi connectivity index (χ1v) is 12.5. The molecule has 1 aromatic heterocycles. The summed E-state index contributed by atoms with van der Waals surface area (Å²) >= 11 is 4.71. The van der Waals surface area contributed by atoms with Crippen LogP contribution in [0.4, 0.5) is 4.79 Å². The molecule has 0 radical (unpaired) electrons. The number of halogens is 1. The number of carbonyl (C=O) groups excluding carboxylic acids is 3. The number of esters is 1. The SMILES string of the molecule is COC(=O)c1scc(Br)c1OC1CCN(C(=O)C2CCN(C(=O)OC(C)(C)C)CC2)CC1. The fourth-order valence-corrected chi connectivity index (χ4v) is 5.40. The molecule has 0 aromatic carbocycles. The van der Waals surface area contributed by atoms with E-state index in [1.807, 2.05) is 31.1 Å². The van der Waals surface area contributed by atoms with Crippen LogP contribution in [0, 0.1) is 5.92 Å². The lowest BCUT2D eigenvalue weighted by Gasteiger charge is -2.37. The minimum Gasteiger partial charge on any atom is -0.487 e. The normalized spacial score (nSPS) is 18.4. The highest BCUT2D eigenvalue weighted by Gasteiger charge is 2.34. The standard InChI is InChI=1S/C22H31BrN2O6S/c1-22(2,3)31-21(28)25-9-5-14(6-10-25)19(26)24-11-7-15(8-12-24)30-17-16(23)13-32-18(17)20(27)29-4/h13-15H,5-12H2,1-4H3. The van der Waals surface area contributed by atoms with E-state index in [0.29, 0.717) is 62.5 Å². The second-order valence-corrected chi connectivity index (χ2v) is 10.9. The summed E-state index contributed by atoms with van der Waals surface area (Å²) in [4.78, 5) is 41.2. The van der Waals surface area contributed by atoms with E-state index in [-0.39, 0.29) is 24.0 Å². The van der Waals surface area contributed by atoms with Crippen LogP contribution >= 0.6 is 27.3 Å². The number of carbonyl (C=O) groups is 3. The van der Waals surface area contributed by atoms with Crippen molar-refractivity contribution < 1.29 is 28.6 Å². The summed E-state index contributed by atoms with van der Waals surface area (Å²) in [5, 5.41) is 1.81. The number of ether oxygens (including phenoxy) is 3. The third-order valence-corrected chi connectivity index (χ3v) is 7.44. The van der Waals surface area contributed by atoms with Gasteiger partial charge in [0.05, 0.1) is 11.6 Å². The zero-order valence-corrected chi connectivity index (χ0v) is 21.4. The first-order valence-electron chi connectivity index (χ1n) is 10.9. The fraction of sp³-hybridized carbons (Fsp3) is 0.682. The van der Waals surface area contributed by atoms with E-state index in [9.17, 15) is 14.4 Å². The number of hydrogen-bond donors (Lipinski definition) is 0. The molecule has 2 fully saturated rings. The quantitative estimate of drug-likeness (QED) is 0.539. The third-order valence-electron chi connectivity index (χ3n) is 5.61. The van der Waals surface area contributed by atoms with Crippen molar-refractivity contribution >= 4 is 45.2 Å². The largest absolute Gasteiger partial charge is 0.487 e. The molecule has 1 aromatic rings. The molecule has 32 heavy (non-hydrogen) atoms. The number of hydrogen-bond acceptors (Lipinski definition) is 7. The van der Waals surface area contributed by atoms with Crippen LogP contribution in [-0.2, 0) is 14.3 Å². The molecule has 0 unspecified atom stereocenters. The Morgan fingerprint density at radius 2 is 1.62 bits per heavy atom. The molecule has 0 aliphatic carbocycles. The summed E-state index contributed by atoms with van der Waals surface area (Å²) < 4.78 is 17.1. The van der Waals surface area contributed by atoms with Gasteiger partial charge in [0.15, 0.2) is 10.6 Å². The Kier molecular flexibility index (Phi) is 8.08. The van der Waals surface area contributed by atoms with Gasteiger partial charge in [-0.25, -0.2) is 9.59 Å². The molecular weight excluding hydrogens is 500 g/mol. The zero-order valence-electron chi connectivity index (χ0n) is 19.0. The molecule has 2 aliphatic heterocycles. The third kappa shape index (κ3) is 6.15. The van der Waals surface area contributed by atoms with Crippen LogP contribution in [-0.4, -0.2) is 72.8 Å². The van der Waals surface area contributed by atoms with Gasteiger partial charge in [-0.2, -0.15) is 0 Å². The van der Waals surface area contributed by atoms with E-state index >= 15 is 0 Å². The molecule has 3 heterocycles. The maximum absolute atomic E-state index is 13.0. The summed E-state index contributed by atoms with van der Waals surface area (Å²) in [6.07, 6.45) is 2.32. The summed E-state index contributed by atoms with van der Waals surface area (Å²) in [7, 11) is 1.35. The average Bonchev–Trinajstić information content (AvgIpc) is 3.12. The molecule has 3 rings (SSSR count). The highest BCUT2D eigenvalue weighted by molar-refractivity contribution is 9.10. The van der Waals surface area contributed by atoms with Crippen molar-refractivity contribution in [1.29, 1.82) is 0 Å². The summed E-state index contributed by atoms with van der Waals surface area (Å²) in [6, 6.07) is 0. The lowest BCUT2D eigenvalue weighted by atomic mass is 9.94. The Bertz CT molecular complexity index is 836. The van der Waals surface area contributed by atoms with Crippen LogP contribution in [0.15, 0.2) is 9.85 Å². The molecular formula is C22H31BrN2O6S. The van der Waals surface area contributed by atoms with E-state index in [1.54, 1.807) is 4.90 Å². The van der Waals surface area contributed by atoms with Gasteiger partial charge in [-0.05, 0) is 49.5 Å². The van der Waals surface area contributed by atoms with Crippen molar-refractivity contribution in [1.82, 2.24) is 9.80 Å². The molecule has 0 spiro atoms. The van der Waals surface area contributed by atoms with E-state index < -0.39 is 11.6 Å². The number of thiophene rings is 1. The Labute approximate surface area is 201 Å². The van der Waals surface area contributed by atoms with Crippen molar-refractivity contribution in [3.05, 3.63) is 14.7 Å². The number of likely N-dealkylation sites (tertiary alicyclic amines) is 2. The molecule has 0 atom stereocenters. The van der Waals surface area contributed by atoms with Gasteiger partial charge in [0.1, 0.15) is 11.7 Å². The number of rotatable bonds is 4. The molecule has 0 N–H and O–H groups in total. The average molecular weight is 531 g/mol. The van der Waals surface area contributed by atoms with Gasteiger partial charge in [-0.15, -0.1) is 11.3 Å². The molecule has 2 amide bonds. The van der Waals surface area contributed by atoms with Gasteiger partial charge in [-0.1, -0.05) is 0 Å². The monoisotopic (exact) mass is 530 g/mol. The van der Waals surface area contributed by atoms with E-state index in [4.69, 9.17) is 14.2 Å². The first-order chi connectivity index (χ1) is 15.1. The molecule has 2 aliphatic rings. The summed E-state index contributed by atoms with van der Waals surface area (Å²) in [5.74, 6) is 0.185. The van der Waals surface area contributed by atoms with Gasteiger partial charge in [-0.3, -0.25) is 4.79 Å². The smallest absolute Gasteiger partial charge is 0.410 e. The van der Waals surface area contributed by atoms with Crippen molar-refractivity contribution in [3.8, 4) is 5.75 Å². The van der Waals surface area contributed by atoms with E-state index in [2.05, 4.69) is 15.9 Å².